The van der Waals surface area contributed by atoms with E-state index < -0.39 is 48.3 Å². The number of aryl methyl sites for hydroxylation is 2. The fraction of sp³-hybridized carbons (Fsp3) is 0.619. The van der Waals surface area contributed by atoms with E-state index in [-0.39, 0.29) is 42.8 Å². The second-order valence-electron chi connectivity index (χ2n) is 15.1. The molecule has 3 rings (SSSR count). The number of unbranched alkanes of at least 4 members (excludes halogenated alkanes) is 5. The van der Waals surface area contributed by atoms with Crippen molar-refractivity contribution < 1.29 is 33.9 Å². The predicted molar refractivity (Wildman–Crippen MR) is 207 cm³/mol. The Morgan fingerprint density at radius 3 is 2.30 bits per heavy atom. The molecule has 0 aliphatic carbocycles. The molecule has 5 atom stereocenters. The Bertz CT molecular complexity index is 1490. The lowest BCUT2D eigenvalue weighted by Gasteiger charge is -2.27. The van der Waals surface area contributed by atoms with E-state index in [1.54, 1.807) is 25.9 Å². The van der Waals surface area contributed by atoms with Gasteiger partial charge in [0.2, 0.25) is 17.7 Å². The number of ketones is 2. The zero-order valence-electron chi connectivity index (χ0n) is 32.7. The number of hydrogen-bond donors (Lipinski definition) is 3. The quantitative estimate of drug-likeness (QED) is 0.0713. The molecule has 1 aromatic carbocycles. The Kier molecular flexibility index (Phi) is 19.2. The number of benzene rings is 1. The number of Topliss-reactive ketones (excluding diaryl/α,β-unsaturated/α-hetero) is 2. The van der Waals surface area contributed by atoms with Gasteiger partial charge in [-0.05, 0) is 50.0 Å². The van der Waals surface area contributed by atoms with Crippen molar-refractivity contribution in [1.82, 2.24) is 25.1 Å². The summed E-state index contributed by atoms with van der Waals surface area (Å²) in [7, 11) is 0. The molecule has 2 aromatic rings. The minimum Gasteiger partial charge on any atom is -0.394 e. The van der Waals surface area contributed by atoms with Crippen molar-refractivity contribution in [1.29, 1.82) is 0 Å². The molecule has 3 amide bonds. The number of imidazole rings is 1. The van der Waals surface area contributed by atoms with Gasteiger partial charge < -0.3 is 25.2 Å². The molecule has 296 valence electrons. The van der Waals surface area contributed by atoms with E-state index in [9.17, 15) is 33.9 Å². The van der Waals surface area contributed by atoms with E-state index in [1.807, 2.05) is 24.5 Å². The van der Waals surface area contributed by atoms with Gasteiger partial charge in [-0.25, -0.2) is 4.98 Å². The molecule has 2 heterocycles. The normalized spacial score (nSPS) is 16.3. The van der Waals surface area contributed by atoms with Crippen LogP contribution in [-0.4, -0.2) is 86.4 Å². The van der Waals surface area contributed by atoms with Gasteiger partial charge in [0.25, 0.3) is 0 Å². The lowest BCUT2D eigenvalue weighted by molar-refractivity contribution is -0.138. The molecule has 1 aromatic heterocycles. The number of aromatic nitrogens is 2. The number of aldehydes is 1. The number of carbonyl (C=O) groups is 6. The first kappa shape index (κ1) is 44.1. The molecule has 0 bridgehead atoms. The molecule has 3 N–H and O–H groups in total. The van der Waals surface area contributed by atoms with Crippen LogP contribution in [0.15, 0.2) is 42.9 Å². The Morgan fingerprint density at radius 1 is 0.963 bits per heavy atom. The number of nitrogens with one attached hydrogen (secondary N) is 2. The van der Waals surface area contributed by atoms with Crippen LogP contribution in [-0.2, 0) is 48.2 Å². The monoisotopic (exact) mass is 748 g/mol. The van der Waals surface area contributed by atoms with Crippen molar-refractivity contribution >= 4 is 35.6 Å². The summed E-state index contributed by atoms with van der Waals surface area (Å²) in [6, 6.07) is 7.72. The van der Waals surface area contributed by atoms with Crippen molar-refractivity contribution in [2.75, 3.05) is 13.2 Å². The first-order chi connectivity index (χ1) is 26.0. The van der Waals surface area contributed by atoms with Crippen molar-refractivity contribution in [3.8, 4) is 0 Å². The summed E-state index contributed by atoms with van der Waals surface area (Å²) < 4.78 is 1.99. The Labute approximate surface area is 321 Å². The van der Waals surface area contributed by atoms with Gasteiger partial charge in [0.15, 0.2) is 23.8 Å². The number of amides is 3. The van der Waals surface area contributed by atoms with Crippen LogP contribution in [0.25, 0.3) is 0 Å². The average molecular weight is 749 g/mol. The molecule has 0 unspecified atom stereocenters. The smallest absolute Gasteiger partial charge is 0.243 e. The number of aliphatic hydroxyl groups is 1. The number of hydrogen-bond acceptors (Lipinski definition) is 8. The topological polar surface area (TPSA) is 168 Å². The summed E-state index contributed by atoms with van der Waals surface area (Å²) in [4.78, 5) is 83.7. The standard InChI is InChI=1S/C42H61N5O7/c1-5-32(27-48)23-39(51)37(28-49)45-41(53)34(25-40(52)36(22-30(2)3)44-42(54)38-19-15-21-47(38)31(4)50)24-35-26-43-29-46(35)20-14-9-7-6-8-11-16-33-17-12-10-13-18-33/h5,10,12-13,17-18,26-27,29-30,32,34,36-38,49H,6-9,11,14-16,19-25,28H2,1-4H3,(H-,44,45,53,54)/p+1/t32-,34-,36+,37+,38+/m1/s1. The van der Waals surface area contributed by atoms with Crippen molar-refractivity contribution in [2.45, 2.75) is 136 Å². The molecule has 0 saturated carbocycles. The SMILES string of the molecule is C[CH+][C@@H](C=O)CC(=O)[C@H](CO)NC(=O)[C@@H](CC(=O)[C@H](CC(C)C)NC(=O)[C@@H]1CCCN1C(C)=O)Cc1cncn1CCCCCCCCc1ccccc1. The van der Waals surface area contributed by atoms with Gasteiger partial charge in [0.05, 0.1) is 44.7 Å². The zero-order valence-corrected chi connectivity index (χ0v) is 32.7. The molecule has 1 fully saturated rings. The maximum Gasteiger partial charge on any atom is 0.243 e. The van der Waals surface area contributed by atoms with Crippen molar-refractivity contribution in [3.63, 3.8) is 0 Å². The van der Waals surface area contributed by atoms with E-state index in [1.165, 1.54) is 23.8 Å². The highest BCUT2D eigenvalue weighted by Gasteiger charge is 2.36. The van der Waals surface area contributed by atoms with Gasteiger partial charge in [-0.15, -0.1) is 0 Å². The molecule has 1 aliphatic rings. The second-order valence-corrected chi connectivity index (χ2v) is 15.1. The van der Waals surface area contributed by atoms with E-state index in [0.29, 0.717) is 38.6 Å². The Hall–Kier alpha value is -4.32. The van der Waals surface area contributed by atoms with E-state index in [0.717, 1.165) is 44.2 Å². The third-order valence-electron chi connectivity index (χ3n) is 10.3. The van der Waals surface area contributed by atoms with E-state index >= 15 is 0 Å². The summed E-state index contributed by atoms with van der Waals surface area (Å²) in [5.41, 5.74) is 2.12. The fourth-order valence-corrected chi connectivity index (χ4v) is 7.14. The summed E-state index contributed by atoms with van der Waals surface area (Å²) in [5, 5.41) is 15.6. The lowest BCUT2D eigenvalue weighted by Crippen LogP contribution is -2.52. The zero-order chi connectivity index (χ0) is 39.5. The number of carbonyl (C=O) groups excluding carboxylic acids is 6. The van der Waals surface area contributed by atoms with Crippen LogP contribution in [0.4, 0.5) is 0 Å². The molecule has 0 radical (unpaired) electrons. The second kappa shape index (κ2) is 23.5. The van der Waals surface area contributed by atoms with Gasteiger partial charge in [-0.2, -0.15) is 0 Å². The number of aliphatic hydroxyl groups excluding tert-OH is 1. The highest BCUT2D eigenvalue weighted by Crippen LogP contribution is 2.21. The fourth-order valence-electron chi connectivity index (χ4n) is 7.14. The largest absolute Gasteiger partial charge is 0.394 e. The first-order valence-electron chi connectivity index (χ1n) is 19.8. The van der Waals surface area contributed by atoms with Gasteiger partial charge >= 0.3 is 0 Å². The predicted octanol–water partition coefficient (Wildman–Crippen LogP) is 4.60. The van der Waals surface area contributed by atoms with Gasteiger partial charge in [0.1, 0.15) is 12.1 Å². The first-order valence-corrected chi connectivity index (χ1v) is 19.8. The van der Waals surface area contributed by atoms with Crippen LogP contribution in [0.2, 0.25) is 0 Å². The van der Waals surface area contributed by atoms with Crippen molar-refractivity contribution in [3.05, 3.63) is 60.5 Å². The maximum atomic E-state index is 14.0. The number of likely N-dealkylation sites (tertiary alicyclic amines) is 1. The van der Waals surface area contributed by atoms with Crippen molar-refractivity contribution in [2.24, 2.45) is 17.8 Å². The molecule has 1 saturated heterocycles. The molecule has 1 aliphatic heterocycles. The van der Waals surface area contributed by atoms with Crippen LogP contribution in [0.1, 0.15) is 110 Å². The van der Waals surface area contributed by atoms with E-state index in [2.05, 4.69) is 39.9 Å². The van der Waals surface area contributed by atoms with Crippen LogP contribution >= 0.6 is 0 Å². The summed E-state index contributed by atoms with van der Waals surface area (Å²) in [6.45, 7) is 7.48. The summed E-state index contributed by atoms with van der Waals surface area (Å²) >= 11 is 0. The van der Waals surface area contributed by atoms with Crippen LogP contribution in [0, 0.1) is 24.2 Å². The molecule has 54 heavy (non-hydrogen) atoms. The van der Waals surface area contributed by atoms with Crippen LogP contribution in [0.5, 0.6) is 0 Å². The molecular formula is C42H62N5O7+. The van der Waals surface area contributed by atoms with Gasteiger partial charge in [-0.1, -0.05) is 69.9 Å². The summed E-state index contributed by atoms with van der Waals surface area (Å²) in [5.74, 6) is -3.55. The molecule has 12 heteroatoms. The number of nitrogens with zero attached hydrogens (tertiary/aromatic N) is 3. The number of rotatable bonds is 26. The Morgan fingerprint density at radius 2 is 1.65 bits per heavy atom. The highest BCUT2D eigenvalue weighted by molar-refractivity contribution is 5.96. The average Bonchev–Trinajstić information content (AvgIpc) is 3.83. The van der Waals surface area contributed by atoms with Gasteiger partial charge in [0, 0.05) is 44.7 Å². The van der Waals surface area contributed by atoms with E-state index in [4.69, 9.17) is 0 Å². The Balaban J connectivity index is 1.70. The third-order valence-corrected chi connectivity index (χ3v) is 10.3. The molecular weight excluding hydrogens is 686 g/mol. The maximum absolute atomic E-state index is 14.0. The van der Waals surface area contributed by atoms with Crippen LogP contribution in [0.3, 0.4) is 0 Å². The third kappa shape index (κ3) is 14.5. The van der Waals surface area contributed by atoms with Gasteiger partial charge in [-0.3, -0.25) is 28.8 Å². The lowest BCUT2D eigenvalue weighted by atomic mass is 9.89. The summed E-state index contributed by atoms with van der Waals surface area (Å²) in [6.07, 6.45) is 14.6. The highest BCUT2D eigenvalue weighted by atomic mass is 16.3. The molecule has 12 nitrogen and oxygen atoms in total. The minimum atomic E-state index is -1.25. The minimum absolute atomic E-state index is 0.0434. The molecule has 0 spiro atoms. The van der Waals surface area contributed by atoms with Crippen LogP contribution < -0.4 is 10.6 Å².